The third kappa shape index (κ3) is 6.09. The van der Waals surface area contributed by atoms with E-state index in [4.69, 9.17) is 4.74 Å². The maximum absolute atomic E-state index is 13.7. The third-order valence-corrected chi connectivity index (χ3v) is 8.73. The van der Waals surface area contributed by atoms with Crippen LogP contribution in [0.4, 0.5) is 4.39 Å². The van der Waals surface area contributed by atoms with E-state index >= 15 is 0 Å². The van der Waals surface area contributed by atoms with E-state index in [1.807, 2.05) is 24.3 Å². The summed E-state index contributed by atoms with van der Waals surface area (Å²) in [7, 11) is -2.85. The number of esters is 1. The number of hydrogen-bond acceptors (Lipinski definition) is 5. The van der Waals surface area contributed by atoms with Gasteiger partial charge in [0.25, 0.3) is 0 Å². The van der Waals surface area contributed by atoms with Gasteiger partial charge in [0.2, 0.25) is 10.0 Å². The van der Waals surface area contributed by atoms with Crippen LogP contribution in [0, 0.1) is 18.7 Å². The van der Waals surface area contributed by atoms with E-state index in [-0.39, 0.29) is 16.4 Å². The van der Waals surface area contributed by atoms with Gasteiger partial charge in [-0.25, -0.2) is 12.8 Å². The number of ether oxygens (including phenoxy) is 1. The average molecular weight is 525 g/mol. The van der Waals surface area contributed by atoms with Crippen LogP contribution in [-0.2, 0) is 26.1 Å². The first-order valence-corrected chi connectivity index (χ1v) is 13.9. The van der Waals surface area contributed by atoms with Crippen molar-refractivity contribution in [2.45, 2.75) is 43.7 Å². The molecule has 0 saturated carbocycles. The van der Waals surface area contributed by atoms with Gasteiger partial charge >= 0.3 is 5.97 Å². The molecule has 1 aliphatic heterocycles. The Labute approximate surface area is 218 Å². The summed E-state index contributed by atoms with van der Waals surface area (Å²) in [5, 5.41) is 0. The van der Waals surface area contributed by atoms with Gasteiger partial charge in [0.15, 0.2) is 0 Å². The number of sulfonamides is 1. The molecule has 8 heteroatoms. The maximum Gasteiger partial charge on any atom is 0.327 e. The molecule has 1 N–H and O–H groups in total. The Balaban J connectivity index is 1.55. The number of aryl methyl sites for hydroxylation is 1. The van der Waals surface area contributed by atoms with Crippen LogP contribution >= 0.6 is 0 Å². The molecule has 0 amide bonds. The lowest BCUT2D eigenvalue weighted by molar-refractivity contribution is -0.150. The van der Waals surface area contributed by atoms with E-state index < -0.39 is 27.3 Å². The summed E-state index contributed by atoms with van der Waals surface area (Å²) in [5.74, 6) is -1.45. The van der Waals surface area contributed by atoms with Crippen LogP contribution in [-0.4, -0.2) is 45.0 Å². The van der Waals surface area contributed by atoms with Crippen molar-refractivity contribution in [2.75, 3.05) is 20.2 Å². The van der Waals surface area contributed by atoms with Crippen molar-refractivity contribution in [3.05, 3.63) is 89.7 Å². The zero-order valence-electron chi connectivity index (χ0n) is 21.4. The summed E-state index contributed by atoms with van der Waals surface area (Å²) in [6.45, 7) is 5.12. The van der Waals surface area contributed by atoms with Crippen molar-refractivity contribution in [1.29, 1.82) is 0 Å². The lowest BCUT2D eigenvalue weighted by Gasteiger charge is -2.41. The predicted octanol–water partition coefficient (Wildman–Crippen LogP) is 4.92. The van der Waals surface area contributed by atoms with E-state index in [1.165, 1.54) is 26.2 Å². The second-order valence-corrected chi connectivity index (χ2v) is 11.5. The Morgan fingerprint density at radius 1 is 1.08 bits per heavy atom. The van der Waals surface area contributed by atoms with Crippen molar-refractivity contribution < 1.29 is 22.3 Å². The monoisotopic (exact) mass is 524 g/mol. The summed E-state index contributed by atoms with van der Waals surface area (Å²) < 4.78 is 48.0. The van der Waals surface area contributed by atoms with E-state index in [0.717, 1.165) is 35.7 Å². The number of likely N-dealkylation sites (tertiary alicyclic amines) is 1. The molecule has 196 valence electrons. The molecule has 0 bridgehead atoms. The standard InChI is InChI=1S/C29H33FN2O4S/c1-21-17-26(14-15-27(21)30)37(34,35)31-29(2,28(33)36-3)25-13-8-16-32(20-25)19-22-9-7-12-24(18-22)23-10-5-4-6-11-23/h4-7,9-12,14-15,17-18,25,31H,8,13,16,19-20H2,1-3H3. The summed E-state index contributed by atoms with van der Waals surface area (Å²) in [6, 6.07) is 22.1. The highest BCUT2D eigenvalue weighted by atomic mass is 32.2. The molecule has 2 atom stereocenters. The molecule has 0 radical (unpaired) electrons. The number of carbonyl (C=O) groups is 1. The molecule has 1 fully saturated rings. The minimum atomic E-state index is -4.11. The summed E-state index contributed by atoms with van der Waals surface area (Å²) in [4.78, 5) is 15.2. The van der Waals surface area contributed by atoms with Crippen LogP contribution in [0.5, 0.6) is 0 Å². The fourth-order valence-corrected chi connectivity index (χ4v) is 6.54. The number of nitrogens with one attached hydrogen (secondary N) is 1. The Hall–Kier alpha value is -3.07. The molecule has 0 spiro atoms. The number of benzene rings is 3. The van der Waals surface area contributed by atoms with Gasteiger partial charge in [-0.2, -0.15) is 4.72 Å². The Morgan fingerprint density at radius 2 is 1.81 bits per heavy atom. The SMILES string of the molecule is COC(=O)C(C)(NS(=O)(=O)c1ccc(F)c(C)c1)C1CCCN(Cc2cccc(-c3ccccc3)c2)C1. The molecule has 1 aliphatic rings. The lowest BCUT2D eigenvalue weighted by atomic mass is 9.80. The molecular weight excluding hydrogens is 491 g/mol. The van der Waals surface area contributed by atoms with Crippen molar-refractivity contribution in [3.63, 3.8) is 0 Å². The number of halogens is 1. The Kier molecular flexibility index (Phi) is 8.11. The molecule has 3 aromatic rings. The zero-order chi connectivity index (χ0) is 26.6. The quantitative estimate of drug-likeness (QED) is 0.423. The Morgan fingerprint density at radius 3 is 2.51 bits per heavy atom. The number of piperidine rings is 1. The van der Waals surface area contributed by atoms with E-state index in [1.54, 1.807) is 6.92 Å². The van der Waals surface area contributed by atoms with Crippen LogP contribution < -0.4 is 4.72 Å². The normalized spacial score (nSPS) is 18.2. The molecule has 3 aromatic carbocycles. The lowest BCUT2D eigenvalue weighted by Crippen LogP contribution is -2.60. The number of carbonyl (C=O) groups excluding carboxylic acids is 1. The van der Waals surface area contributed by atoms with Gasteiger partial charge in [0.1, 0.15) is 11.4 Å². The molecule has 37 heavy (non-hydrogen) atoms. The fraction of sp³-hybridized carbons (Fsp3) is 0.345. The highest BCUT2D eigenvalue weighted by Crippen LogP contribution is 2.31. The number of hydrogen-bond donors (Lipinski definition) is 1. The molecule has 4 rings (SSSR count). The van der Waals surface area contributed by atoms with Gasteiger partial charge < -0.3 is 4.74 Å². The third-order valence-electron chi connectivity index (χ3n) is 7.16. The van der Waals surface area contributed by atoms with Crippen LogP contribution in [0.15, 0.2) is 77.7 Å². The van der Waals surface area contributed by atoms with Crippen LogP contribution in [0.2, 0.25) is 0 Å². The van der Waals surface area contributed by atoms with E-state index in [9.17, 15) is 17.6 Å². The molecule has 1 saturated heterocycles. The maximum atomic E-state index is 13.7. The number of nitrogens with zero attached hydrogens (tertiary/aromatic N) is 1. The highest BCUT2D eigenvalue weighted by molar-refractivity contribution is 7.89. The minimum Gasteiger partial charge on any atom is -0.468 e. The zero-order valence-corrected chi connectivity index (χ0v) is 22.2. The van der Waals surface area contributed by atoms with Gasteiger partial charge in [-0.3, -0.25) is 9.69 Å². The van der Waals surface area contributed by atoms with Gasteiger partial charge in [-0.05, 0) is 79.8 Å². The topological polar surface area (TPSA) is 75.7 Å². The molecule has 1 heterocycles. The van der Waals surface area contributed by atoms with Gasteiger partial charge in [0, 0.05) is 19.0 Å². The molecule has 0 aliphatic carbocycles. The summed E-state index contributed by atoms with van der Waals surface area (Å²) in [5.41, 5.74) is 2.15. The molecule has 0 aromatic heterocycles. The van der Waals surface area contributed by atoms with E-state index in [0.29, 0.717) is 19.5 Å². The molecular formula is C29H33FN2O4S. The van der Waals surface area contributed by atoms with Crippen LogP contribution in [0.25, 0.3) is 11.1 Å². The predicted molar refractivity (Wildman–Crippen MR) is 142 cm³/mol. The molecule has 2 unspecified atom stereocenters. The van der Waals surface area contributed by atoms with Gasteiger partial charge in [0.05, 0.1) is 12.0 Å². The second kappa shape index (κ2) is 11.1. The van der Waals surface area contributed by atoms with Crippen molar-refractivity contribution in [2.24, 2.45) is 5.92 Å². The molecule has 6 nitrogen and oxygen atoms in total. The highest BCUT2D eigenvalue weighted by Gasteiger charge is 2.47. The minimum absolute atomic E-state index is 0.0908. The number of methoxy groups -OCH3 is 1. The smallest absolute Gasteiger partial charge is 0.327 e. The summed E-state index contributed by atoms with van der Waals surface area (Å²) >= 11 is 0. The number of rotatable bonds is 8. The first-order chi connectivity index (χ1) is 17.6. The first-order valence-electron chi connectivity index (χ1n) is 12.4. The van der Waals surface area contributed by atoms with Crippen LogP contribution in [0.3, 0.4) is 0 Å². The largest absolute Gasteiger partial charge is 0.468 e. The van der Waals surface area contributed by atoms with Crippen molar-refractivity contribution in [1.82, 2.24) is 9.62 Å². The average Bonchev–Trinajstić information content (AvgIpc) is 2.90. The summed E-state index contributed by atoms with van der Waals surface area (Å²) in [6.07, 6.45) is 1.48. The van der Waals surface area contributed by atoms with E-state index in [2.05, 4.69) is 40.0 Å². The van der Waals surface area contributed by atoms with Crippen molar-refractivity contribution in [3.8, 4) is 11.1 Å². The fourth-order valence-electron chi connectivity index (χ4n) is 5.03. The first kappa shape index (κ1) is 27.0. The van der Waals surface area contributed by atoms with Crippen molar-refractivity contribution >= 4 is 16.0 Å². The Bertz CT molecular complexity index is 1360. The van der Waals surface area contributed by atoms with Gasteiger partial charge in [-0.1, -0.05) is 48.5 Å². The second-order valence-electron chi connectivity index (χ2n) is 9.85. The van der Waals surface area contributed by atoms with Gasteiger partial charge in [-0.15, -0.1) is 0 Å². The van der Waals surface area contributed by atoms with Crippen LogP contribution in [0.1, 0.15) is 30.9 Å².